The first kappa shape index (κ1) is 14.6. The maximum Gasteiger partial charge on any atom is 0.169 e. The molecule has 2 rings (SSSR count). The van der Waals surface area contributed by atoms with Crippen LogP contribution in [0.25, 0.3) is 0 Å². The van der Waals surface area contributed by atoms with Crippen LogP contribution < -0.4 is 0 Å². The molecule has 1 saturated heterocycles. The minimum Gasteiger partial charge on any atom is -0.368 e. The normalized spacial score (nSPS) is 21.6. The van der Waals surface area contributed by atoms with Gasteiger partial charge in [0.25, 0.3) is 0 Å². The Balaban J connectivity index is 1.97. The Morgan fingerprint density at radius 3 is 2.89 bits per heavy atom. The van der Waals surface area contributed by atoms with Gasteiger partial charge in [-0.25, -0.2) is 4.98 Å². The van der Waals surface area contributed by atoms with E-state index in [0.29, 0.717) is 19.6 Å². The monoisotopic (exact) mass is 282 g/mol. The number of ketones is 1. The molecule has 1 fully saturated rings. The summed E-state index contributed by atoms with van der Waals surface area (Å²) in [4.78, 5) is 18.9. The summed E-state index contributed by atoms with van der Waals surface area (Å²) in [6, 6.07) is 0. The number of carbonyl (C=O) groups is 1. The van der Waals surface area contributed by atoms with E-state index in [-0.39, 0.29) is 17.3 Å². The third-order valence-corrected chi connectivity index (χ3v) is 4.12. The van der Waals surface area contributed by atoms with Crippen LogP contribution in [-0.4, -0.2) is 48.5 Å². The van der Waals surface area contributed by atoms with E-state index < -0.39 is 0 Å². The molecule has 0 aliphatic carbocycles. The number of morpholine rings is 1. The molecule has 4 nitrogen and oxygen atoms in total. The van der Waals surface area contributed by atoms with Gasteiger partial charge in [0.05, 0.1) is 18.7 Å². The lowest BCUT2D eigenvalue weighted by atomic mass is 9.93. The molecule has 0 bridgehead atoms. The van der Waals surface area contributed by atoms with Crippen molar-refractivity contribution in [3.8, 4) is 0 Å². The molecule has 0 aromatic carbocycles. The summed E-state index contributed by atoms with van der Waals surface area (Å²) in [5, 5.41) is 2.95. The number of aromatic nitrogens is 1. The van der Waals surface area contributed by atoms with E-state index in [1.807, 2.05) is 7.05 Å². The van der Waals surface area contributed by atoms with Gasteiger partial charge in [-0.1, -0.05) is 20.8 Å². The lowest BCUT2D eigenvalue weighted by Gasteiger charge is -2.28. The molecule has 1 aliphatic heterocycles. The van der Waals surface area contributed by atoms with E-state index in [1.54, 1.807) is 11.3 Å². The van der Waals surface area contributed by atoms with Gasteiger partial charge >= 0.3 is 0 Å². The van der Waals surface area contributed by atoms with Crippen molar-refractivity contribution in [2.24, 2.45) is 0 Å². The number of thiazole rings is 1. The maximum absolute atomic E-state index is 12.2. The second-order valence-electron chi connectivity index (χ2n) is 6.14. The van der Waals surface area contributed by atoms with E-state index in [4.69, 9.17) is 4.74 Å². The number of likely N-dealkylation sites (N-methyl/N-ethyl adjacent to an activating group) is 1. The highest BCUT2D eigenvalue weighted by Crippen LogP contribution is 2.24. The zero-order chi connectivity index (χ0) is 14.0. The fourth-order valence-electron chi connectivity index (χ4n) is 1.97. The Morgan fingerprint density at radius 1 is 1.58 bits per heavy atom. The third kappa shape index (κ3) is 3.84. The van der Waals surface area contributed by atoms with Crippen molar-refractivity contribution in [1.82, 2.24) is 9.88 Å². The van der Waals surface area contributed by atoms with Crippen molar-refractivity contribution in [3.63, 3.8) is 0 Å². The summed E-state index contributed by atoms with van der Waals surface area (Å²) < 4.78 is 5.54. The second kappa shape index (κ2) is 5.69. The lowest BCUT2D eigenvalue weighted by molar-refractivity contribution is -0.134. The van der Waals surface area contributed by atoms with Crippen molar-refractivity contribution in [3.05, 3.63) is 16.1 Å². The molecule has 0 radical (unpaired) electrons. The highest BCUT2D eigenvalue weighted by atomic mass is 32.1. The van der Waals surface area contributed by atoms with Crippen molar-refractivity contribution < 1.29 is 9.53 Å². The van der Waals surface area contributed by atoms with Crippen molar-refractivity contribution in [1.29, 1.82) is 0 Å². The molecule has 0 amide bonds. The predicted molar refractivity (Wildman–Crippen MR) is 76.8 cm³/mol. The highest BCUT2D eigenvalue weighted by molar-refractivity contribution is 7.09. The number of hydrogen-bond acceptors (Lipinski definition) is 5. The Morgan fingerprint density at radius 2 is 2.32 bits per heavy atom. The first-order valence-corrected chi connectivity index (χ1v) is 7.52. The van der Waals surface area contributed by atoms with Crippen LogP contribution in [0.4, 0.5) is 0 Å². The van der Waals surface area contributed by atoms with Gasteiger partial charge in [-0.15, -0.1) is 11.3 Å². The molecule has 5 heteroatoms. The number of nitrogens with zero attached hydrogens (tertiary/aromatic N) is 2. The zero-order valence-electron chi connectivity index (χ0n) is 12.1. The van der Waals surface area contributed by atoms with Crippen LogP contribution in [0.2, 0.25) is 0 Å². The summed E-state index contributed by atoms with van der Waals surface area (Å²) in [7, 11) is 2.02. The van der Waals surface area contributed by atoms with Gasteiger partial charge < -0.3 is 9.64 Å². The average molecular weight is 282 g/mol. The molecule has 0 saturated carbocycles. The summed E-state index contributed by atoms with van der Waals surface area (Å²) in [5.41, 5.74) is 1.10. The van der Waals surface area contributed by atoms with Crippen LogP contribution in [0, 0.1) is 0 Å². The SMILES string of the molecule is CN1CCOC(C(=O)Cc2nc(C(C)(C)C)cs2)C1. The minimum absolute atomic E-state index is 0.0410. The van der Waals surface area contributed by atoms with E-state index >= 15 is 0 Å². The standard InChI is InChI=1S/C14H22N2O2S/c1-14(2,3)12-9-19-13(15-12)7-10(17)11-8-16(4)5-6-18-11/h9,11H,5-8H2,1-4H3. The fourth-order valence-corrected chi connectivity index (χ4v) is 3.00. The Kier molecular flexibility index (Phi) is 4.38. The Bertz CT molecular complexity index is 451. The molecule has 106 valence electrons. The highest BCUT2D eigenvalue weighted by Gasteiger charge is 2.26. The van der Waals surface area contributed by atoms with Crippen LogP contribution in [0.5, 0.6) is 0 Å². The minimum atomic E-state index is -0.291. The van der Waals surface area contributed by atoms with Crippen LogP contribution in [0.15, 0.2) is 5.38 Å². The largest absolute Gasteiger partial charge is 0.368 e. The first-order valence-electron chi connectivity index (χ1n) is 6.64. The summed E-state index contributed by atoms with van der Waals surface area (Å²) in [5.74, 6) is 0.140. The summed E-state index contributed by atoms with van der Waals surface area (Å²) in [6.45, 7) is 8.62. The lowest BCUT2D eigenvalue weighted by Crippen LogP contribution is -2.44. The summed E-state index contributed by atoms with van der Waals surface area (Å²) in [6.07, 6.45) is 0.0972. The quantitative estimate of drug-likeness (QED) is 0.849. The molecule has 0 N–H and O–H groups in total. The number of carbonyl (C=O) groups excluding carboxylic acids is 1. The molecular formula is C14H22N2O2S. The van der Waals surface area contributed by atoms with E-state index in [0.717, 1.165) is 17.2 Å². The van der Waals surface area contributed by atoms with Crippen molar-refractivity contribution >= 4 is 17.1 Å². The van der Waals surface area contributed by atoms with Gasteiger partial charge in [-0.3, -0.25) is 4.79 Å². The Labute approximate surface area is 118 Å². The number of hydrogen-bond donors (Lipinski definition) is 0. The first-order chi connectivity index (χ1) is 8.86. The Hall–Kier alpha value is -0.780. The van der Waals surface area contributed by atoms with Crippen LogP contribution in [-0.2, 0) is 21.4 Å². The summed E-state index contributed by atoms with van der Waals surface area (Å²) >= 11 is 1.57. The zero-order valence-corrected chi connectivity index (χ0v) is 12.9. The smallest absolute Gasteiger partial charge is 0.169 e. The van der Waals surface area contributed by atoms with Gasteiger partial charge in [0.2, 0.25) is 0 Å². The number of rotatable bonds is 3. The van der Waals surface area contributed by atoms with E-state index in [9.17, 15) is 4.79 Å². The van der Waals surface area contributed by atoms with Gasteiger partial charge in [0.1, 0.15) is 11.1 Å². The number of ether oxygens (including phenoxy) is 1. The number of Topliss-reactive ketones (excluding diaryl/α,β-unsaturated/α-hetero) is 1. The van der Waals surface area contributed by atoms with Gasteiger partial charge in [0, 0.05) is 23.9 Å². The predicted octanol–water partition coefficient (Wildman–Crippen LogP) is 1.88. The molecule has 1 aromatic heterocycles. The van der Waals surface area contributed by atoms with Crippen molar-refractivity contribution in [2.75, 3.05) is 26.7 Å². The molecule has 19 heavy (non-hydrogen) atoms. The van der Waals surface area contributed by atoms with Gasteiger partial charge in [0.15, 0.2) is 5.78 Å². The van der Waals surface area contributed by atoms with Crippen LogP contribution in [0.3, 0.4) is 0 Å². The third-order valence-electron chi connectivity index (χ3n) is 3.27. The van der Waals surface area contributed by atoms with Crippen molar-refractivity contribution in [2.45, 2.75) is 38.7 Å². The molecule has 1 aliphatic rings. The molecule has 1 unspecified atom stereocenters. The molecule has 2 heterocycles. The van der Waals surface area contributed by atoms with E-state index in [1.165, 1.54) is 0 Å². The molecular weight excluding hydrogens is 260 g/mol. The molecule has 1 atom stereocenters. The average Bonchev–Trinajstić information content (AvgIpc) is 2.77. The van der Waals surface area contributed by atoms with Crippen LogP contribution in [0.1, 0.15) is 31.5 Å². The maximum atomic E-state index is 12.2. The van der Waals surface area contributed by atoms with Gasteiger partial charge in [-0.05, 0) is 7.05 Å². The second-order valence-corrected chi connectivity index (χ2v) is 7.08. The molecule has 1 aromatic rings. The topological polar surface area (TPSA) is 42.4 Å². The van der Waals surface area contributed by atoms with Crippen LogP contribution >= 0.6 is 11.3 Å². The van der Waals surface area contributed by atoms with Gasteiger partial charge in [-0.2, -0.15) is 0 Å². The molecule has 0 spiro atoms. The van der Waals surface area contributed by atoms with E-state index in [2.05, 4.69) is 36.0 Å². The fraction of sp³-hybridized carbons (Fsp3) is 0.714.